The van der Waals surface area contributed by atoms with E-state index in [4.69, 9.17) is 4.74 Å². The highest BCUT2D eigenvalue weighted by Crippen LogP contribution is 2.28. The van der Waals surface area contributed by atoms with E-state index in [1.165, 1.54) is 5.56 Å². The molecule has 0 radical (unpaired) electrons. The maximum absolute atomic E-state index is 12.7. The van der Waals surface area contributed by atoms with Gasteiger partial charge < -0.3 is 10.1 Å². The number of hydrogen-bond donors (Lipinski definition) is 1. The quantitative estimate of drug-likeness (QED) is 0.684. The van der Waals surface area contributed by atoms with E-state index in [0.717, 1.165) is 56.4 Å². The summed E-state index contributed by atoms with van der Waals surface area (Å²) in [7, 11) is 0. The average molecular weight is 418 g/mol. The number of benzene rings is 2. The van der Waals surface area contributed by atoms with Crippen molar-refractivity contribution in [1.29, 1.82) is 0 Å². The van der Waals surface area contributed by atoms with Crippen molar-refractivity contribution in [2.75, 3.05) is 13.2 Å². The molecule has 7 nitrogen and oxygen atoms in total. The molecule has 160 valence electrons. The number of hydrogen-bond acceptors (Lipinski definition) is 5. The molecule has 5 rings (SSSR count). The van der Waals surface area contributed by atoms with Crippen molar-refractivity contribution >= 4 is 5.91 Å². The first-order chi connectivity index (χ1) is 15.3. The van der Waals surface area contributed by atoms with Crippen molar-refractivity contribution < 1.29 is 9.53 Å². The summed E-state index contributed by atoms with van der Waals surface area (Å²) in [5, 5.41) is 16.3. The smallest absolute Gasteiger partial charge is 0.251 e. The second kappa shape index (κ2) is 8.98. The molecule has 2 heterocycles. The van der Waals surface area contributed by atoms with Gasteiger partial charge in [0.1, 0.15) is 0 Å². The fourth-order valence-electron chi connectivity index (χ4n) is 4.51. The van der Waals surface area contributed by atoms with Crippen LogP contribution in [-0.2, 0) is 4.74 Å². The highest BCUT2D eigenvalue weighted by molar-refractivity contribution is 5.94. The van der Waals surface area contributed by atoms with Crippen LogP contribution in [0, 0.1) is 0 Å². The molecule has 1 aliphatic heterocycles. The number of nitrogens with zero attached hydrogens (tertiary/aromatic N) is 4. The Morgan fingerprint density at radius 1 is 0.968 bits per heavy atom. The van der Waals surface area contributed by atoms with Gasteiger partial charge in [-0.05, 0) is 55.0 Å². The molecule has 2 aromatic carbocycles. The minimum Gasteiger partial charge on any atom is -0.381 e. The van der Waals surface area contributed by atoms with Crippen molar-refractivity contribution in [1.82, 2.24) is 25.5 Å². The van der Waals surface area contributed by atoms with E-state index in [9.17, 15) is 4.79 Å². The van der Waals surface area contributed by atoms with Gasteiger partial charge in [-0.1, -0.05) is 42.5 Å². The third-order valence-electron chi connectivity index (χ3n) is 6.39. The molecule has 3 aromatic rings. The van der Waals surface area contributed by atoms with Crippen LogP contribution in [-0.4, -0.2) is 45.4 Å². The third-order valence-corrected chi connectivity index (χ3v) is 6.39. The van der Waals surface area contributed by atoms with E-state index in [1.54, 1.807) is 4.80 Å². The second-order valence-electron chi connectivity index (χ2n) is 8.46. The van der Waals surface area contributed by atoms with Gasteiger partial charge in [0, 0.05) is 29.7 Å². The molecule has 0 bridgehead atoms. The Bertz CT molecular complexity index is 1000. The van der Waals surface area contributed by atoms with Gasteiger partial charge in [0.15, 0.2) is 0 Å². The molecule has 1 unspecified atom stereocenters. The summed E-state index contributed by atoms with van der Waals surface area (Å²) in [6.45, 7) is 1.61. The first-order valence-electron chi connectivity index (χ1n) is 11.1. The maximum Gasteiger partial charge on any atom is 0.251 e. The average Bonchev–Trinajstić information content (AvgIpc) is 3.53. The van der Waals surface area contributed by atoms with Crippen molar-refractivity contribution in [2.45, 2.75) is 50.1 Å². The fraction of sp³-hybridized carbons (Fsp3) is 0.417. The van der Waals surface area contributed by atoms with Crippen LogP contribution in [0.3, 0.4) is 0 Å². The van der Waals surface area contributed by atoms with Gasteiger partial charge in [-0.3, -0.25) is 4.79 Å². The predicted octanol–water partition coefficient (Wildman–Crippen LogP) is 3.76. The number of nitrogens with one attached hydrogen (secondary N) is 1. The molecule has 1 saturated heterocycles. The fourth-order valence-corrected chi connectivity index (χ4v) is 4.51. The molecule has 0 spiro atoms. The number of ether oxygens (including phenoxy) is 1. The van der Waals surface area contributed by atoms with Crippen LogP contribution in [0.25, 0.3) is 11.4 Å². The van der Waals surface area contributed by atoms with Crippen LogP contribution >= 0.6 is 0 Å². The van der Waals surface area contributed by atoms with E-state index in [0.29, 0.717) is 11.7 Å². The number of tetrazole rings is 1. The topological polar surface area (TPSA) is 81.9 Å². The molecule has 1 amide bonds. The summed E-state index contributed by atoms with van der Waals surface area (Å²) in [6.07, 6.45) is 4.74. The number of rotatable bonds is 5. The standard InChI is InChI=1S/C24H27N5O2/c30-24(19-8-6-17(7-9-19)20-14-15-31-16-20)25-21-10-12-22(13-11-21)29-27-23(26-28-29)18-4-2-1-3-5-18/h1-9,20-22H,10-16H2,(H,25,30). The summed E-state index contributed by atoms with van der Waals surface area (Å²) in [5.74, 6) is 1.12. The lowest BCUT2D eigenvalue weighted by Crippen LogP contribution is -2.38. The maximum atomic E-state index is 12.7. The monoisotopic (exact) mass is 417 g/mol. The minimum atomic E-state index is 0.00270. The largest absolute Gasteiger partial charge is 0.381 e. The van der Waals surface area contributed by atoms with Crippen LogP contribution in [0.2, 0.25) is 0 Å². The molecule has 1 N–H and O–H groups in total. The van der Waals surface area contributed by atoms with Crippen LogP contribution in [0.4, 0.5) is 0 Å². The molecule has 2 aliphatic rings. The predicted molar refractivity (Wildman–Crippen MR) is 117 cm³/mol. The van der Waals surface area contributed by atoms with Crippen molar-refractivity contribution in [3.8, 4) is 11.4 Å². The number of carbonyl (C=O) groups is 1. The van der Waals surface area contributed by atoms with Gasteiger partial charge >= 0.3 is 0 Å². The van der Waals surface area contributed by atoms with Gasteiger partial charge in [0.05, 0.1) is 12.6 Å². The molecule has 31 heavy (non-hydrogen) atoms. The summed E-state index contributed by atoms with van der Waals surface area (Å²) < 4.78 is 5.46. The normalized spacial score (nSPS) is 23.5. The molecule has 1 aromatic heterocycles. The van der Waals surface area contributed by atoms with Crippen LogP contribution in [0.15, 0.2) is 54.6 Å². The van der Waals surface area contributed by atoms with Gasteiger partial charge in [-0.15, -0.1) is 10.2 Å². The van der Waals surface area contributed by atoms with E-state index in [2.05, 4.69) is 32.9 Å². The molecular weight excluding hydrogens is 390 g/mol. The van der Waals surface area contributed by atoms with Gasteiger partial charge in [-0.2, -0.15) is 4.80 Å². The molecule has 1 saturated carbocycles. The zero-order chi connectivity index (χ0) is 21.0. The highest BCUT2D eigenvalue weighted by atomic mass is 16.5. The Labute approximate surface area is 181 Å². The lowest BCUT2D eigenvalue weighted by molar-refractivity contribution is 0.0920. The van der Waals surface area contributed by atoms with E-state index < -0.39 is 0 Å². The van der Waals surface area contributed by atoms with E-state index >= 15 is 0 Å². The molecular formula is C24H27N5O2. The summed E-state index contributed by atoms with van der Waals surface area (Å²) >= 11 is 0. The lowest BCUT2D eigenvalue weighted by Gasteiger charge is -2.28. The first-order valence-corrected chi connectivity index (χ1v) is 11.1. The third kappa shape index (κ3) is 4.51. The Morgan fingerprint density at radius 2 is 1.74 bits per heavy atom. The Hall–Kier alpha value is -3.06. The number of aromatic nitrogens is 4. The van der Waals surface area contributed by atoms with Gasteiger partial charge in [0.2, 0.25) is 5.82 Å². The molecule has 2 fully saturated rings. The first kappa shape index (κ1) is 19.9. The van der Waals surface area contributed by atoms with Crippen molar-refractivity contribution in [3.63, 3.8) is 0 Å². The summed E-state index contributed by atoms with van der Waals surface area (Å²) in [6, 6.07) is 18.3. The Kier molecular flexibility index (Phi) is 5.76. The number of carbonyl (C=O) groups excluding carboxylic acids is 1. The molecule has 1 atom stereocenters. The SMILES string of the molecule is O=C(NC1CCC(n2nnc(-c3ccccc3)n2)CC1)c1ccc(C2CCOC2)cc1. The Balaban J connectivity index is 1.14. The van der Waals surface area contributed by atoms with E-state index in [-0.39, 0.29) is 18.0 Å². The number of amides is 1. The second-order valence-corrected chi connectivity index (χ2v) is 8.46. The van der Waals surface area contributed by atoms with Crippen LogP contribution in [0.5, 0.6) is 0 Å². The van der Waals surface area contributed by atoms with Gasteiger partial charge in [0.25, 0.3) is 5.91 Å². The lowest BCUT2D eigenvalue weighted by atomic mass is 9.91. The minimum absolute atomic E-state index is 0.00270. The highest BCUT2D eigenvalue weighted by Gasteiger charge is 2.26. The van der Waals surface area contributed by atoms with Crippen LogP contribution in [0.1, 0.15) is 60.0 Å². The van der Waals surface area contributed by atoms with Crippen LogP contribution < -0.4 is 5.32 Å². The summed E-state index contributed by atoms with van der Waals surface area (Å²) in [5.41, 5.74) is 2.95. The summed E-state index contributed by atoms with van der Waals surface area (Å²) in [4.78, 5) is 14.4. The van der Waals surface area contributed by atoms with E-state index in [1.807, 2.05) is 42.5 Å². The zero-order valence-electron chi connectivity index (χ0n) is 17.5. The zero-order valence-corrected chi connectivity index (χ0v) is 17.5. The van der Waals surface area contributed by atoms with Gasteiger partial charge in [-0.25, -0.2) is 0 Å². The van der Waals surface area contributed by atoms with Crippen molar-refractivity contribution in [3.05, 3.63) is 65.7 Å². The molecule has 1 aliphatic carbocycles. The Morgan fingerprint density at radius 3 is 2.45 bits per heavy atom. The van der Waals surface area contributed by atoms with Crippen molar-refractivity contribution in [2.24, 2.45) is 0 Å². The molecule has 7 heteroatoms.